The van der Waals surface area contributed by atoms with Crippen molar-refractivity contribution in [3.8, 4) is 0 Å². The van der Waals surface area contributed by atoms with Crippen molar-refractivity contribution in [3.05, 3.63) is 48.5 Å². The fourth-order valence-electron chi connectivity index (χ4n) is 2.97. The van der Waals surface area contributed by atoms with Crippen molar-refractivity contribution in [2.24, 2.45) is 0 Å². The Kier molecular flexibility index (Phi) is 4.33. The first-order valence-electron chi connectivity index (χ1n) is 8.15. The molecule has 0 aliphatic carbocycles. The Labute approximate surface area is 148 Å². The highest BCUT2D eigenvalue weighted by Crippen LogP contribution is 2.31. The van der Waals surface area contributed by atoms with Gasteiger partial charge in [-0.25, -0.2) is 15.0 Å². The van der Waals surface area contributed by atoms with Gasteiger partial charge in [0.2, 0.25) is 0 Å². The molecule has 1 amide bonds. The number of aliphatic hydroxyl groups is 2. The average molecular weight is 355 g/mol. The lowest BCUT2D eigenvalue weighted by Crippen LogP contribution is -2.24. The molecule has 2 aromatic heterocycles. The number of nitrogens with zero attached hydrogens (tertiary/aromatic N) is 4. The van der Waals surface area contributed by atoms with E-state index < -0.39 is 18.4 Å². The molecule has 0 spiro atoms. The summed E-state index contributed by atoms with van der Waals surface area (Å²) in [6, 6.07) is 8.79. The van der Waals surface area contributed by atoms with Crippen LogP contribution in [0.25, 0.3) is 11.2 Å². The van der Waals surface area contributed by atoms with Crippen LogP contribution in [0.3, 0.4) is 0 Å². The summed E-state index contributed by atoms with van der Waals surface area (Å²) in [5.41, 5.74) is 1.40. The molecule has 3 heterocycles. The summed E-state index contributed by atoms with van der Waals surface area (Å²) in [7, 11) is 0. The van der Waals surface area contributed by atoms with E-state index in [1.54, 1.807) is 28.8 Å². The van der Waals surface area contributed by atoms with E-state index in [1.807, 2.05) is 6.07 Å². The molecular weight excluding hydrogens is 338 g/mol. The molecule has 1 fully saturated rings. The molecule has 0 bridgehead atoms. The fourth-order valence-corrected chi connectivity index (χ4v) is 2.97. The summed E-state index contributed by atoms with van der Waals surface area (Å²) < 4.78 is 7.30. The fraction of sp³-hybridized carbons (Fsp3) is 0.294. The lowest BCUT2D eigenvalue weighted by Gasteiger charge is -2.13. The van der Waals surface area contributed by atoms with Crippen LogP contribution in [0.2, 0.25) is 0 Å². The van der Waals surface area contributed by atoms with E-state index in [2.05, 4.69) is 20.3 Å². The molecule has 1 aliphatic rings. The number of anilines is 1. The van der Waals surface area contributed by atoms with Crippen molar-refractivity contribution < 1.29 is 19.7 Å². The van der Waals surface area contributed by atoms with Crippen LogP contribution in [0, 0.1) is 0 Å². The van der Waals surface area contributed by atoms with E-state index in [0.29, 0.717) is 29.0 Å². The predicted octanol–water partition coefficient (Wildman–Crippen LogP) is 0.719. The minimum absolute atomic E-state index is 0.266. The molecule has 1 aromatic carbocycles. The van der Waals surface area contributed by atoms with E-state index >= 15 is 0 Å². The molecule has 4 rings (SSSR count). The summed E-state index contributed by atoms with van der Waals surface area (Å²) >= 11 is 0. The molecule has 9 nitrogen and oxygen atoms in total. The molecule has 26 heavy (non-hydrogen) atoms. The quantitative estimate of drug-likeness (QED) is 0.630. The maximum atomic E-state index is 12.4. The van der Waals surface area contributed by atoms with Crippen LogP contribution in [-0.4, -0.2) is 54.5 Å². The molecular formula is C17H17N5O4. The molecule has 3 N–H and O–H groups in total. The Hall–Kier alpha value is -2.88. The molecule has 0 saturated carbocycles. The van der Waals surface area contributed by atoms with Crippen molar-refractivity contribution in [2.75, 3.05) is 11.9 Å². The number of fused-ring (bicyclic) bond motifs is 1. The van der Waals surface area contributed by atoms with E-state index in [4.69, 9.17) is 4.74 Å². The number of carbonyl (C=O) groups excluding carboxylic acids is 1. The van der Waals surface area contributed by atoms with Gasteiger partial charge >= 0.3 is 0 Å². The van der Waals surface area contributed by atoms with Gasteiger partial charge in [0, 0.05) is 12.0 Å². The topological polar surface area (TPSA) is 122 Å². The first-order valence-corrected chi connectivity index (χ1v) is 8.15. The van der Waals surface area contributed by atoms with Gasteiger partial charge in [0.05, 0.1) is 19.0 Å². The largest absolute Gasteiger partial charge is 0.394 e. The number of carbonyl (C=O) groups is 1. The summed E-state index contributed by atoms with van der Waals surface area (Å²) in [4.78, 5) is 25.0. The second-order valence-corrected chi connectivity index (χ2v) is 5.98. The van der Waals surface area contributed by atoms with Gasteiger partial charge in [0.1, 0.15) is 18.7 Å². The van der Waals surface area contributed by atoms with Crippen LogP contribution in [0.5, 0.6) is 0 Å². The normalized spacial score (nSPS) is 22.6. The predicted molar refractivity (Wildman–Crippen MR) is 91.3 cm³/mol. The van der Waals surface area contributed by atoms with E-state index in [1.165, 1.54) is 12.7 Å². The highest BCUT2D eigenvalue weighted by Gasteiger charge is 2.35. The standard InChI is InChI=1S/C17H17N5O4/c23-7-12-11(24)6-13(26-12)22-9-20-14-15(18-8-19-16(14)22)21-17(25)10-4-2-1-3-5-10/h1-5,8-9,11-13,23-24H,6-7H2,(H,18,19,21,25)/t11-,12+,13-/m0/s1. The van der Waals surface area contributed by atoms with Crippen molar-refractivity contribution in [3.63, 3.8) is 0 Å². The van der Waals surface area contributed by atoms with Crippen molar-refractivity contribution in [2.45, 2.75) is 24.9 Å². The molecule has 0 radical (unpaired) electrons. The average Bonchev–Trinajstić information content (AvgIpc) is 3.26. The van der Waals surface area contributed by atoms with E-state index in [9.17, 15) is 15.0 Å². The third kappa shape index (κ3) is 2.92. The highest BCUT2D eigenvalue weighted by molar-refractivity contribution is 6.06. The number of ether oxygens (including phenoxy) is 1. The number of nitrogens with one attached hydrogen (secondary N) is 1. The first kappa shape index (κ1) is 16.6. The van der Waals surface area contributed by atoms with Crippen LogP contribution >= 0.6 is 0 Å². The summed E-state index contributed by atoms with van der Waals surface area (Å²) in [5.74, 6) is -0.00658. The van der Waals surface area contributed by atoms with Gasteiger partial charge in [-0.2, -0.15) is 0 Å². The Balaban J connectivity index is 1.63. The van der Waals surface area contributed by atoms with Gasteiger partial charge in [-0.1, -0.05) is 18.2 Å². The van der Waals surface area contributed by atoms with Gasteiger partial charge in [0.15, 0.2) is 17.0 Å². The van der Waals surface area contributed by atoms with Crippen LogP contribution < -0.4 is 5.32 Å². The number of amides is 1. The third-order valence-corrected chi connectivity index (χ3v) is 4.32. The molecule has 0 unspecified atom stereocenters. The van der Waals surface area contributed by atoms with Crippen LogP contribution in [0.15, 0.2) is 43.0 Å². The number of imidazole rings is 1. The number of aromatic nitrogens is 4. The Morgan fingerprint density at radius 3 is 2.81 bits per heavy atom. The van der Waals surface area contributed by atoms with Crippen LogP contribution in [-0.2, 0) is 4.74 Å². The van der Waals surface area contributed by atoms with E-state index in [-0.39, 0.29) is 12.5 Å². The number of aliphatic hydroxyl groups excluding tert-OH is 2. The molecule has 1 aliphatic heterocycles. The number of rotatable bonds is 4. The summed E-state index contributed by atoms with van der Waals surface area (Å²) in [6.07, 6.45) is 1.26. The van der Waals surface area contributed by atoms with Gasteiger partial charge in [-0.05, 0) is 12.1 Å². The Bertz CT molecular complexity index is 929. The number of benzene rings is 1. The first-order chi connectivity index (χ1) is 12.7. The van der Waals surface area contributed by atoms with Crippen LogP contribution in [0.4, 0.5) is 5.82 Å². The van der Waals surface area contributed by atoms with Gasteiger partial charge < -0.3 is 20.3 Å². The SMILES string of the molecule is O=C(Nc1ncnc2c1ncn2[C@@H]1C[C@H](O)[C@@H](CO)O1)c1ccccc1. The smallest absolute Gasteiger partial charge is 0.256 e. The molecule has 134 valence electrons. The van der Waals surface area contributed by atoms with Crippen LogP contribution in [0.1, 0.15) is 23.0 Å². The molecule has 9 heteroatoms. The Morgan fingerprint density at radius 1 is 1.27 bits per heavy atom. The highest BCUT2D eigenvalue weighted by atomic mass is 16.5. The zero-order valence-electron chi connectivity index (χ0n) is 13.7. The second-order valence-electron chi connectivity index (χ2n) is 5.98. The lowest BCUT2D eigenvalue weighted by atomic mass is 10.2. The monoisotopic (exact) mass is 355 g/mol. The number of hydrogen-bond acceptors (Lipinski definition) is 7. The van der Waals surface area contributed by atoms with Gasteiger partial charge in [-0.3, -0.25) is 9.36 Å². The number of hydrogen-bond donors (Lipinski definition) is 3. The molecule has 1 saturated heterocycles. The van der Waals surface area contributed by atoms with Crippen molar-refractivity contribution in [1.29, 1.82) is 0 Å². The summed E-state index contributed by atoms with van der Waals surface area (Å²) in [5, 5.41) is 21.9. The maximum Gasteiger partial charge on any atom is 0.256 e. The van der Waals surface area contributed by atoms with Gasteiger partial charge in [-0.15, -0.1) is 0 Å². The maximum absolute atomic E-state index is 12.4. The van der Waals surface area contributed by atoms with E-state index in [0.717, 1.165) is 0 Å². The molecule has 3 aromatic rings. The zero-order chi connectivity index (χ0) is 18.1. The van der Waals surface area contributed by atoms with Crippen molar-refractivity contribution >= 4 is 22.9 Å². The minimum Gasteiger partial charge on any atom is -0.394 e. The van der Waals surface area contributed by atoms with Crippen molar-refractivity contribution in [1.82, 2.24) is 19.5 Å². The Morgan fingerprint density at radius 2 is 2.08 bits per heavy atom. The summed E-state index contributed by atoms with van der Waals surface area (Å²) in [6.45, 7) is -0.266. The minimum atomic E-state index is -0.762. The second kappa shape index (κ2) is 6.79. The lowest BCUT2D eigenvalue weighted by molar-refractivity contribution is -0.0432. The third-order valence-electron chi connectivity index (χ3n) is 4.32. The van der Waals surface area contributed by atoms with Gasteiger partial charge in [0.25, 0.3) is 5.91 Å². The molecule has 3 atom stereocenters. The zero-order valence-corrected chi connectivity index (χ0v) is 13.7.